The first-order valence-corrected chi connectivity index (χ1v) is 13.1. The summed E-state index contributed by atoms with van der Waals surface area (Å²) in [7, 11) is 0. The SMILES string of the molecule is CC1(C)CCC(CN2CCN(c3cccc(Oc4ccccc4)c3)CC2)=C(c2ccc(Cl)cc2)C1. The Labute approximate surface area is 215 Å². The van der Waals surface area contributed by atoms with Crippen molar-refractivity contribution in [3.8, 4) is 11.5 Å². The van der Waals surface area contributed by atoms with E-state index in [0.717, 1.165) is 55.7 Å². The topological polar surface area (TPSA) is 15.7 Å². The van der Waals surface area contributed by atoms with E-state index in [1.165, 1.54) is 29.7 Å². The summed E-state index contributed by atoms with van der Waals surface area (Å²) in [5.74, 6) is 1.76. The van der Waals surface area contributed by atoms with Crippen LogP contribution in [0.2, 0.25) is 5.02 Å². The van der Waals surface area contributed by atoms with Gasteiger partial charge in [0.2, 0.25) is 0 Å². The summed E-state index contributed by atoms with van der Waals surface area (Å²) in [6.45, 7) is 10.1. The van der Waals surface area contributed by atoms with E-state index in [1.807, 2.05) is 48.5 Å². The van der Waals surface area contributed by atoms with Crippen LogP contribution in [0.15, 0.2) is 84.4 Å². The van der Waals surface area contributed by atoms with Gasteiger partial charge in [0.05, 0.1) is 0 Å². The van der Waals surface area contributed by atoms with Gasteiger partial charge in [0.1, 0.15) is 11.5 Å². The lowest BCUT2D eigenvalue weighted by Crippen LogP contribution is -2.47. The van der Waals surface area contributed by atoms with Crippen LogP contribution in [0.1, 0.15) is 38.7 Å². The molecule has 1 saturated heterocycles. The lowest BCUT2D eigenvalue weighted by molar-refractivity contribution is 0.264. The van der Waals surface area contributed by atoms with Crippen molar-refractivity contribution in [3.05, 3.63) is 95.0 Å². The number of hydrogen-bond donors (Lipinski definition) is 0. The lowest BCUT2D eigenvalue weighted by atomic mass is 9.72. The maximum Gasteiger partial charge on any atom is 0.129 e. The molecule has 0 radical (unpaired) electrons. The van der Waals surface area contributed by atoms with E-state index < -0.39 is 0 Å². The van der Waals surface area contributed by atoms with Crippen molar-refractivity contribution in [2.75, 3.05) is 37.6 Å². The van der Waals surface area contributed by atoms with E-state index in [9.17, 15) is 0 Å². The van der Waals surface area contributed by atoms with Crippen LogP contribution in [-0.2, 0) is 0 Å². The minimum absolute atomic E-state index is 0.351. The van der Waals surface area contributed by atoms with E-state index in [1.54, 1.807) is 5.57 Å². The van der Waals surface area contributed by atoms with Crippen LogP contribution in [0.4, 0.5) is 5.69 Å². The molecule has 0 N–H and O–H groups in total. The molecule has 3 aromatic carbocycles. The molecule has 0 aromatic heterocycles. The van der Waals surface area contributed by atoms with Gasteiger partial charge in [0.15, 0.2) is 0 Å². The molecule has 1 fully saturated rings. The molecular weight excluding hydrogens is 452 g/mol. The molecule has 0 unspecified atom stereocenters. The summed E-state index contributed by atoms with van der Waals surface area (Å²) in [6.07, 6.45) is 3.58. The molecule has 1 aliphatic heterocycles. The first-order valence-electron chi connectivity index (χ1n) is 12.7. The molecule has 1 heterocycles. The van der Waals surface area contributed by atoms with E-state index in [4.69, 9.17) is 16.3 Å². The molecule has 0 spiro atoms. The molecule has 0 amide bonds. The number of anilines is 1. The Balaban J connectivity index is 1.25. The van der Waals surface area contributed by atoms with Gasteiger partial charge in [-0.2, -0.15) is 0 Å². The highest BCUT2D eigenvalue weighted by Crippen LogP contribution is 2.43. The molecule has 35 heavy (non-hydrogen) atoms. The lowest BCUT2D eigenvalue weighted by Gasteiger charge is -2.39. The number of nitrogens with zero attached hydrogens (tertiary/aromatic N) is 2. The van der Waals surface area contributed by atoms with Crippen molar-refractivity contribution in [3.63, 3.8) is 0 Å². The largest absolute Gasteiger partial charge is 0.457 e. The van der Waals surface area contributed by atoms with Gasteiger partial charge >= 0.3 is 0 Å². The minimum atomic E-state index is 0.351. The second-order valence-electron chi connectivity index (χ2n) is 10.6. The Morgan fingerprint density at radius 2 is 1.54 bits per heavy atom. The van der Waals surface area contributed by atoms with Crippen LogP contribution in [-0.4, -0.2) is 37.6 Å². The van der Waals surface area contributed by atoms with E-state index in [2.05, 4.69) is 54.0 Å². The molecular formula is C31H35ClN2O. The van der Waals surface area contributed by atoms with E-state index in [-0.39, 0.29) is 0 Å². The molecule has 3 aromatic rings. The van der Waals surface area contributed by atoms with Crippen LogP contribution < -0.4 is 9.64 Å². The molecule has 4 heteroatoms. The minimum Gasteiger partial charge on any atom is -0.457 e. The van der Waals surface area contributed by atoms with Crippen molar-refractivity contribution >= 4 is 22.9 Å². The first kappa shape index (κ1) is 24.0. The fourth-order valence-corrected chi connectivity index (χ4v) is 5.39. The maximum atomic E-state index is 6.18. The predicted molar refractivity (Wildman–Crippen MR) is 148 cm³/mol. The fourth-order valence-electron chi connectivity index (χ4n) is 5.27. The van der Waals surface area contributed by atoms with Gasteiger partial charge in [-0.3, -0.25) is 4.90 Å². The Bertz CT molecular complexity index is 1160. The maximum absolute atomic E-state index is 6.18. The molecule has 0 atom stereocenters. The molecule has 3 nitrogen and oxygen atoms in total. The third-order valence-electron chi connectivity index (χ3n) is 7.33. The highest BCUT2D eigenvalue weighted by molar-refractivity contribution is 6.30. The summed E-state index contributed by atoms with van der Waals surface area (Å²) < 4.78 is 6.06. The Morgan fingerprint density at radius 1 is 0.829 bits per heavy atom. The molecule has 0 saturated carbocycles. The number of allylic oxidation sites excluding steroid dienone is 1. The molecule has 0 bridgehead atoms. The number of piperazine rings is 1. The van der Waals surface area contributed by atoms with Gasteiger partial charge in [0.25, 0.3) is 0 Å². The number of rotatable bonds is 6. The normalized spacial score (nSPS) is 18.5. The van der Waals surface area contributed by atoms with Crippen molar-refractivity contribution in [1.82, 2.24) is 4.90 Å². The third-order valence-corrected chi connectivity index (χ3v) is 7.58. The molecule has 2 aliphatic rings. The zero-order valence-corrected chi connectivity index (χ0v) is 21.6. The van der Waals surface area contributed by atoms with E-state index in [0.29, 0.717) is 5.41 Å². The molecule has 1 aliphatic carbocycles. The average Bonchev–Trinajstić information content (AvgIpc) is 2.87. The monoisotopic (exact) mass is 486 g/mol. The van der Waals surface area contributed by atoms with Crippen molar-refractivity contribution in [2.45, 2.75) is 33.1 Å². The van der Waals surface area contributed by atoms with Gasteiger partial charge in [-0.1, -0.05) is 67.4 Å². The van der Waals surface area contributed by atoms with Gasteiger partial charge < -0.3 is 9.64 Å². The van der Waals surface area contributed by atoms with Gasteiger partial charge in [-0.05, 0) is 72.2 Å². The van der Waals surface area contributed by atoms with Crippen LogP contribution in [0.5, 0.6) is 11.5 Å². The number of halogens is 1. The number of para-hydroxylation sites is 1. The van der Waals surface area contributed by atoms with Crippen LogP contribution in [0.25, 0.3) is 5.57 Å². The van der Waals surface area contributed by atoms with Crippen molar-refractivity contribution < 1.29 is 4.74 Å². The number of benzene rings is 3. The number of ether oxygens (including phenoxy) is 1. The van der Waals surface area contributed by atoms with Gasteiger partial charge in [-0.25, -0.2) is 0 Å². The zero-order chi connectivity index (χ0) is 24.3. The summed E-state index contributed by atoms with van der Waals surface area (Å²) in [5.41, 5.74) is 6.07. The standard InChI is InChI=1S/C31H35ClN2O/c1-31(2)16-15-25(30(22-31)24-11-13-26(32)14-12-24)23-33-17-19-34(20-18-33)27-7-6-10-29(21-27)35-28-8-4-3-5-9-28/h3-14,21H,15-20,22-23H2,1-2H3. The summed E-state index contributed by atoms with van der Waals surface area (Å²) in [4.78, 5) is 5.11. The highest BCUT2D eigenvalue weighted by atomic mass is 35.5. The van der Waals surface area contributed by atoms with Crippen LogP contribution in [0, 0.1) is 5.41 Å². The summed E-state index contributed by atoms with van der Waals surface area (Å²) >= 11 is 6.18. The summed E-state index contributed by atoms with van der Waals surface area (Å²) in [5, 5.41) is 0.806. The van der Waals surface area contributed by atoms with Crippen molar-refractivity contribution in [2.24, 2.45) is 5.41 Å². The fraction of sp³-hybridized carbons (Fsp3) is 0.355. The second kappa shape index (κ2) is 10.5. The number of hydrogen-bond acceptors (Lipinski definition) is 3. The molecule has 5 rings (SSSR count). The van der Waals surface area contributed by atoms with Gasteiger partial charge in [-0.15, -0.1) is 0 Å². The van der Waals surface area contributed by atoms with Crippen LogP contribution >= 0.6 is 11.6 Å². The first-order chi connectivity index (χ1) is 16.9. The third kappa shape index (κ3) is 6.09. The quantitative estimate of drug-likeness (QED) is 0.352. The molecule has 182 valence electrons. The average molecular weight is 487 g/mol. The van der Waals surface area contributed by atoms with E-state index >= 15 is 0 Å². The Kier molecular flexibility index (Phi) is 7.17. The van der Waals surface area contributed by atoms with Crippen LogP contribution in [0.3, 0.4) is 0 Å². The van der Waals surface area contributed by atoms with Gasteiger partial charge in [0, 0.05) is 49.5 Å². The summed E-state index contributed by atoms with van der Waals surface area (Å²) in [6, 6.07) is 26.9. The smallest absolute Gasteiger partial charge is 0.129 e. The zero-order valence-electron chi connectivity index (χ0n) is 20.8. The van der Waals surface area contributed by atoms with Crippen molar-refractivity contribution in [1.29, 1.82) is 0 Å². The second-order valence-corrected chi connectivity index (χ2v) is 11.0. The predicted octanol–water partition coefficient (Wildman–Crippen LogP) is 7.92. The highest BCUT2D eigenvalue weighted by Gasteiger charge is 2.29. The Morgan fingerprint density at radius 3 is 2.29 bits per heavy atom. The Hall–Kier alpha value is -2.75.